The molecule has 3 rings (SSSR count). The summed E-state index contributed by atoms with van der Waals surface area (Å²) in [5.74, 6) is 1.04. The Balaban J connectivity index is 0.00000192. The van der Waals surface area contributed by atoms with Crippen molar-refractivity contribution in [1.29, 1.82) is 0 Å². The van der Waals surface area contributed by atoms with Gasteiger partial charge in [0.2, 0.25) is 0 Å². The number of rotatable bonds is 6. The minimum Gasteiger partial charge on any atom is -0.311 e. The maximum atomic E-state index is 12.2. The molecule has 0 saturated heterocycles. The van der Waals surface area contributed by atoms with Gasteiger partial charge in [-0.15, -0.1) is 12.4 Å². The molecule has 0 spiro atoms. The number of hydrogen-bond donors (Lipinski definition) is 2. The maximum absolute atomic E-state index is 12.2. The van der Waals surface area contributed by atoms with E-state index in [9.17, 15) is 4.79 Å². The summed E-state index contributed by atoms with van der Waals surface area (Å²) in [5.41, 5.74) is 1.49. The summed E-state index contributed by atoms with van der Waals surface area (Å²) in [6, 6.07) is 11.2. The second-order valence-corrected chi connectivity index (χ2v) is 5.19. The largest absolute Gasteiger partial charge is 0.311 e. The standard InChI is InChI=1S/C16H19N5O.ClH/c1-2-3-9-17-11-13-10-14(22)21-16(18-13)19-15(20-21)12-7-5-4-6-8-12;/h4-8,10,17H,2-3,9,11H2,1H3,(H,18,19,20);1H. The lowest BCUT2D eigenvalue weighted by Crippen LogP contribution is -2.20. The summed E-state index contributed by atoms with van der Waals surface area (Å²) >= 11 is 0. The van der Waals surface area contributed by atoms with Crippen molar-refractivity contribution in [3.05, 3.63) is 52.4 Å². The highest BCUT2D eigenvalue weighted by Crippen LogP contribution is 2.13. The SMILES string of the molecule is CCCCNCc1cc(=O)n2[nH]c(-c3ccccc3)nc2n1.Cl. The normalized spacial score (nSPS) is 10.7. The Morgan fingerprint density at radius 3 is 2.74 bits per heavy atom. The second kappa shape index (κ2) is 7.89. The number of aromatic nitrogens is 4. The molecule has 0 unspecified atom stereocenters. The molecule has 2 heterocycles. The predicted molar refractivity (Wildman–Crippen MR) is 92.9 cm³/mol. The van der Waals surface area contributed by atoms with Gasteiger partial charge in [-0.05, 0) is 13.0 Å². The van der Waals surface area contributed by atoms with Crippen LogP contribution in [0.2, 0.25) is 0 Å². The minimum absolute atomic E-state index is 0. The van der Waals surface area contributed by atoms with Crippen LogP contribution in [0.5, 0.6) is 0 Å². The van der Waals surface area contributed by atoms with Gasteiger partial charge < -0.3 is 5.32 Å². The van der Waals surface area contributed by atoms with Crippen LogP contribution in [-0.2, 0) is 6.54 Å². The molecule has 0 saturated carbocycles. The Labute approximate surface area is 140 Å². The fraction of sp³-hybridized carbons (Fsp3) is 0.312. The Morgan fingerprint density at radius 1 is 1.22 bits per heavy atom. The predicted octanol–water partition coefficient (Wildman–Crippen LogP) is 2.40. The fourth-order valence-electron chi connectivity index (χ4n) is 2.26. The van der Waals surface area contributed by atoms with Crippen molar-refractivity contribution >= 4 is 18.2 Å². The Morgan fingerprint density at radius 2 is 2.00 bits per heavy atom. The van der Waals surface area contributed by atoms with E-state index >= 15 is 0 Å². The molecular formula is C16H20ClN5O. The number of halogens is 1. The Kier molecular flexibility index (Phi) is 5.90. The fourth-order valence-corrected chi connectivity index (χ4v) is 2.26. The molecule has 122 valence electrons. The highest BCUT2D eigenvalue weighted by molar-refractivity contribution is 5.85. The first kappa shape index (κ1) is 17.2. The van der Waals surface area contributed by atoms with Crippen LogP contribution in [0.1, 0.15) is 25.5 Å². The van der Waals surface area contributed by atoms with Gasteiger partial charge in [0.25, 0.3) is 11.3 Å². The minimum atomic E-state index is -0.146. The zero-order valence-electron chi connectivity index (χ0n) is 13.0. The first-order chi connectivity index (χ1) is 10.8. The number of H-pyrrole nitrogens is 1. The number of fused-ring (bicyclic) bond motifs is 1. The molecule has 23 heavy (non-hydrogen) atoms. The van der Waals surface area contributed by atoms with Gasteiger partial charge in [0.05, 0.1) is 5.69 Å². The van der Waals surface area contributed by atoms with Gasteiger partial charge in [-0.3, -0.25) is 9.89 Å². The average Bonchev–Trinajstić information content (AvgIpc) is 2.97. The molecule has 2 aromatic heterocycles. The summed E-state index contributed by atoms with van der Waals surface area (Å²) in [4.78, 5) is 21.0. The number of nitrogens with zero attached hydrogens (tertiary/aromatic N) is 3. The van der Waals surface area contributed by atoms with E-state index in [2.05, 4.69) is 27.3 Å². The van der Waals surface area contributed by atoms with Crippen molar-refractivity contribution in [2.75, 3.05) is 6.54 Å². The molecule has 1 aromatic carbocycles. The first-order valence-electron chi connectivity index (χ1n) is 7.53. The molecule has 6 nitrogen and oxygen atoms in total. The Bertz CT molecular complexity index is 812. The molecule has 0 amide bonds. The zero-order valence-corrected chi connectivity index (χ0v) is 13.8. The van der Waals surface area contributed by atoms with Crippen molar-refractivity contribution in [3.63, 3.8) is 0 Å². The third kappa shape index (κ3) is 3.97. The van der Waals surface area contributed by atoms with E-state index in [0.29, 0.717) is 23.8 Å². The summed E-state index contributed by atoms with van der Waals surface area (Å²) < 4.78 is 1.37. The third-order valence-corrected chi connectivity index (χ3v) is 3.44. The summed E-state index contributed by atoms with van der Waals surface area (Å²) in [6.45, 7) is 3.65. The summed E-state index contributed by atoms with van der Waals surface area (Å²) in [7, 11) is 0. The first-order valence-corrected chi connectivity index (χ1v) is 7.53. The van der Waals surface area contributed by atoms with Crippen molar-refractivity contribution in [3.8, 4) is 11.4 Å². The number of unbranched alkanes of at least 4 members (excludes halogenated alkanes) is 1. The molecule has 0 aliphatic carbocycles. The molecule has 7 heteroatoms. The monoisotopic (exact) mass is 333 g/mol. The summed E-state index contributed by atoms with van der Waals surface area (Å²) in [5, 5.41) is 6.28. The molecule has 0 aliphatic heterocycles. The van der Waals surface area contributed by atoms with E-state index in [0.717, 1.165) is 24.9 Å². The van der Waals surface area contributed by atoms with Crippen LogP contribution in [0.15, 0.2) is 41.2 Å². The third-order valence-electron chi connectivity index (χ3n) is 3.44. The Hall–Kier alpha value is -2.18. The highest BCUT2D eigenvalue weighted by Gasteiger charge is 2.09. The molecule has 3 aromatic rings. The van der Waals surface area contributed by atoms with E-state index in [4.69, 9.17) is 0 Å². The van der Waals surface area contributed by atoms with Crippen molar-refractivity contribution in [2.45, 2.75) is 26.3 Å². The van der Waals surface area contributed by atoms with Gasteiger partial charge in [-0.1, -0.05) is 43.7 Å². The molecule has 0 atom stereocenters. The average molecular weight is 334 g/mol. The second-order valence-electron chi connectivity index (χ2n) is 5.19. The van der Waals surface area contributed by atoms with Gasteiger partial charge in [0.1, 0.15) is 0 Å². The van der Waals surface area contributed by atoms with Crippen LogP contribution in [-0.4, -0.2) is 26.1 Å². The van der Waals surface area contributed by atoms with Crippen LogP contribution in [0.3, 0.4) is 0 Å². The lowest BCUT2D eigenvalue weighted by atomic mass is 10.2. The van der Waals surface area contributed by atoms with Crippen LogP contribution in [0.25, 0.3) is 17.2 Å². The smallest absolute Gasteiger partial charge is 0.274 e. The van der Waals surface area contributed by atoms with Crippen molar-refractivity contribution in [2.24, 2.45) is 0 Å². The van der Waals surface area contributed by atoms with E-state index in [1.165, 1.54) is 4.52 Å². The molecule has 0 radical (unpaired) electrons. The van der Waals surface area contributed by atoms with Gasteiger partial charge in [0.15, 0.2) is 5.82 Å². The number of benzene rings is 1. The van der Waals surface area contributed by atoms with E-state index in [1.807, 2.05) is 30.3 Å². The van der Waals surface area contributed by atoms with E-state index in [-0.39, 0.29) is 18.0 Å². The van der Waals surface area contributed by atoms with Gasteiger partial charge in [0, 0.05) is 18.2 Å². The van der Waals surface area contributed by atoms with Crippen LogP contribution in [0.4, 0.5) is 0 Å². The quantitative estimate of drug-likeness (QED) is 0.679. The zero-order chi connectivity index (χ0) is 15.4. The maximum Gasteiger partial charge on any atom is 0.274 e. The van der Waals surface area contributed by atoms with Gasteiger partial charge >= 0.3 is 0 Å². The highest BCUT2D eigenvalue weighted by atomic mass is 35.5. The van der Waals surface area contributed by atoms with Gasteiger partial charge in [-0.2, -0.15) is 9.50 Å². The lowest BCUT2D eigenvalue weighted by Gasteiger charge is -2.02. The number of hydrogen-bond acceptors (Lipinski definition) is 4. The lowest BCUT2D eigenvalue weighted by molar-refractivity contribution is 0.631. The van der Waals surface area contributed by atoms with Crippen LogP contribution >= 0.6 is 12.4 Å². The number of nitrogens with one attached hydrogen (secondary N) is 2. The molecule has 0 fully saturated rings. The van der Waals surface area contributed by atoms with Gasteiger partial charge in [-0.25, -0.2) is 4.98 Å². The van der Waals surface area contributed by atoms with Crippen molar-refractivity contribution < 1.29 is 0 Å². The molecule has 2 N–H and O–H groups in total. The molecule has 0 aliphatic rings. The number of aromatic amines is 1. The van der Waals surface area contributed by atoms with Crippen molar-refractivity contribution in [1.82, 2.24) is 24.9 Å². The summed E-state index contributed by atoms with van der Waals surface area (Å²) in [6.07, 6.45) is 2.25. The van der Waals surface area contributed by atoms with E-state index in [1.54, 1.807) is 6.07 Å². The van der Waals surface area contributed by atoms with Crippen LogP contribution < -0.4 is 10.9 Å². The molecule has 0 bridgehead atoms. The van der Waals surface area contributed by atoms with Crippen LogP contribution in [0, 0.1) is 0 Å². The van der Waals surface area contributed by atoms with E-state index < -0.39 is 0 Å². The molecular weight excluding hydrogens is 314 g/mol. The topological polar surface area (TPSA) is 75.1 Å².